The minimum Gasteiger partial charge on any atom is -0.375 e. The lowest BCUT2D eigenvalue weighted by atomic mass is 10.2. The summed E-state index contributed by atoms with van der Waals surface area (Å²) >= 11 is 0. The maximum Gasteiger partial charge on any atom is 0.127 e. The minimum absolute atomic E-state index is 0.0931. The molecule has 4 nitrogen and oxygen atoms in total. The molecule has 0 saturated heterocycles. The standard InChI is InChI=1S/C9H13NO.C8H12N2.2C2H6/c1-7-4-5-9(10-6-7)8(2)11-3;1-7-4-5-8(9-6-7)10(2)3;2*1-2/h4-6,8H,1-3H3;4-6H,1-3H3;2*1-2H3. The van der Waals surface area contributed by atoms with Crippen molar-refractivity contribution in [2.45, 2.75) is 54.6 Å². The summed E-state index contributed by atoms with van der Waals surface area (Å²) in [6.45, 7) is 14.0. The predicted octanol–water partition coefficient (Wildman–Crippen LogP) is 5.61. The van der Waals surface area contributed by atoms with Crippen LogP contribution in [0.15, 0.2) is 36.7 Å². The summed E-state index contributed by atoms with van der Waals surface area (Å²) in [5.41, 5.74) is 3.36. The quantitative estimate of drug-likeness (QED) is 0.724. The molecule has 2 aromatic rings. The number of hydrogen-bond acceptors (Lipinski definition) is 4. The summed E-state index contributed by atoms with van der Waals surface area (Å²) in [7, 11) is 5.65. The zero-order valence-corrected chi connectivity index (χ0v) is 17.8. The molecule has 0 spiro atoms. The lowest BCUT2D eigenvalue weighted by molar-refractivity contribution is 0.116. The summed E-state index contributed by atoms with van der Waals surface area (Å²) < 4.78 is 5.11. The first-order valence-corrected chi connectivity index (χ1v) is 8.99. The summed E-state index contributed by atoms with van der Waals surface area (Å²) in [6.07, 6.45) is 3.82. The van der Waals surface area contributed by atoms with Gasteiger partial charge in [-0.25, -0.2) is 4.98 Å². The van der Waals surface area contributed by atoms with E-state index in [1.54, 1.807) is 7.11 Å². The third kappa shape index (κ3) is 11.3. The highest BCUT2D eigenvalue weighted by Gasteiger charge is 2.02. The Kier molecular flexibility index (Phi) is 15.8. The largest absolute Gasteiger partial charge is 0.375 e. The number of anilines is 1. The molecule has 1 atom stereocenters. The molecule has 0 aliphatic carbocycles. The Morgan fingerprint density at radius 2 is 1.32 bits per heavy atom. The van der Waals surface area contributed by atoms with Gasteiger partial charge in [-0.2, -0.15) is 0 Å². The molecule has 0 bridgehead atoms. The fourth-order valence-corrected chi connectivity index (χ4v) is 1.57. The molecule has 1 unspecified atom stereocenters. The normalized spacial score (nSPS) is 10.0. The van der Waals surface area contributed by atoms with Gasteiger partial charge in [-0.05, 0) is 44.0 Å². The van der Waals surface area contributed by atoms with Crippen LogP contribution in [0.1, 0.15) is 57.5 Å². The highest BCUT2D eigenvalue weighted by atomic mass is 16.5. The van der Waals surface area contributed by atoms with Crippen LogP contribution < -0.4 is 4.90 Å². The average Bonchev–Trinajstić information content (AvgIpc) is 2.66. The van der Waals surface area contributed by atoms with Crippen LogP contribution in [0.2, 0.25) is 0 Å². The monoisotopic (exact) mass is 347 g/mol. The second-order valence-electron chi connectivity index (χ2n) is 5.23. The maximum absolute atomic E-state index is 5.11. The van der Waals surface area contributed by atoms with Crippen molar-refractivity contribution in [2.24, 2.45) is 0 Å². The molecule has 0 aliphatic rings. The molecule has 0 amide bonds. The van der Waals surface area contributed by atoms with Crippen molar-refractivity contribution in [3.05, 3.63) is 53.5 Å². The smallest absolute Gasteiger partial charge is 0.127 e. The highest BCUT2D eigenvalue weighted by Crippen LogP contribution is 2.12. The molecular weight excluding hydrogens is 310 g/mol. The summed E-state index contributed by atoms with van der Waals surface area (Å²) in [4.78, 5) is 10.4. The molecule has 4 heteroatoms. The molecule has 0 aromatic carbocycles. The van der Waals surface area contributed by atoms with Crippen LogP contribution in [0.5, 0.6) is 0 Å². The molecule has 0 N–H and O–H groups in total. The van der Waals surface area contributed by atoms with Gasteiger partial charge in [-0.1, -0.05) is 39.8 Å². The van der Waals surface area contributed by atoms with Crippen molar-refractivity contribution in [2.75, 3.05) is 26.1 Å². The van der Waals surface area contributed by atoms with E-state index in [4.69, 9.17) is 4.74 Å². The van der Waals surface area contributed by atoms with Crippen molar-refractivity contribution in [3.8, 4) is 0 Å². The summed E-state index contributed by atoms with van der Waals surface area (Å²) in [6, 6.07) is 8.10. The Morgan fingerprint density at radius 3 is 1.64 bits per heavy atom. The third-order valence-corrected chi connectivity index (χ3v) is 3.06. The Hall–Kier alpha value is -1.94. The second kappa shape index (κ2) is 15.6. The number of nitrogens with zero attached hydrogens (tertiary/aromatic N) is 3. The van der Waals surface area contributed by atoms with Gasteiger partial charge in [-0.15, -0.1) is 0 Å². The van der Waals surface area contributed by atoms with E-state index in [2.05, 4.69) is 16.0 Å². The van der Waals surface area contributed by atoms with Gasteiger partial charge in [0.2, 0.25) is 0 Å². The van der Waals surface area contributed by atoms with Gasteiger partial charge >= 0.3 is 0 Å². The topological polar surface area (TPSA) is 38.2 Å². The van der Waals surface area contributed by atoms with Gasteiger partial charge in [0.05, 0.1) is 11.8 Å². The number of aromatic nitrogens is 2. The first-order chi connectivity index (χ1) is 11.9. The van der Waals surface area contributed by atoms with Crippen molar-refractivity contribution >= 4 is 5.82 Å². The number of rotatable bonds is 3. The number of ether oxygens (including phenoxy) is 1. The van der Waals surface area contributed by atoms with E-state index in [1.165, 1.54) is 11.1 Å². The highest BCUT2D eigenvalue weighted by molar-refractivity contribution is 5.36. The second-order valence-corrected chi connectivity index (χ2v) is 5.23. The van der Waals surface area contributed by atoms with Crippen LogP contribution in [0, 0.1) is 13.8 Å². The lowest BCUT2D eigenvalue weighted by Crippen LogP contribution is -2.09. The molecule has 0 saturated carbocycles. The van der Waals surface area contributed by atoms with Crippen LogP contribution >= 0.6 is 0 Å². The summed E-state index contributed by atoms with van der Waals surface area (Å²) in [5, 5.41) is 0. The average molecular weight is 348 g/mol. The number of aryl methyl sites for hydroxylation is 2. The zero-order chi connectivity index (χ0) is 19.8. The van der Waals surface area contributed by atoms with Gasteiger partial charge in [-0.3, -0.25) is 4.98 Å². The Morgan fingerprint density at radius 1 is 0.840 bits per heavy atom. The molecule has 2 aromatic heterocycles. The van der Waals surface area contributed by atoms with Crippen LogP contribution in [0.3, 0.4) is 0 Å². The Balaban J connectivity index is 0. The maximum atomic E-state index is 5.11. The molecular formula is C21H37N3O. The number of methoxy groups -OCH3 is 1. The van der Waals surface area contributed by atoms with E-state index in [9.17, 15) is 0 Å². The van der Waals surface area contributed by atoms with Crippen LogP contribution in [-0.2, 0) is 4.74 Å². The van der Waals surface area contributed by atoms with Gasteiger partial charge in [0.1, 0.15) is 5.82 Å². The van der Waals surface area contributed by atoms with Gasteiger partial charge in [0.25, 0.3) is 0 Å². The Labute approximate surface area is 155 Å². The predicted molar refractivity (Wildman–Crippen MR) is 110 cm³/mol. The van der Waals surface area contributed by atoms with E-state index < -0.39 is 0 Å². The fourth-order valence-electron chi connectivity index (χ4n) is 1.57. The molecule has 25 heavy (non-hydrogen) atoms. The molecule has 2 heterocycles. The van der Waals surface area contributed by atoms with Crippen molar-refractivity contribution in [3.63, 3.8) is 0 Å². The molecule has 0 radical (unpaired) electrons. The van der Waals surface area contributed by atoms with E-state index >= 15 is 0 Å². The van der Waals surface area contributed by atoms with Crippen LogP contribution in [0.25, 0.3) is 0 Å². The number of pyridine rings is 2. The van der Waals surface area contributed by atoms with E-state index in [0.717, 1.165) is 11.5 Å². The van der Waals surface area contributed by atoms with E-state index in [-0.39, 0.29) is 6.10 Å². The van der Waals surface area contributed by atoms with Gasteiger partial charge in [0.15, 0.2) is 0 Å². The first-order valence-electron chi connectivity index (χ1n) is 8.99. The van der Waals surface area contributed by atoms with Gasteiger partial charge in [0, 0.05) is 33.6 Å². The Bertz CT molecular complexity index is 522. The molecule has 0 aliphatic heterocycles. The van der Waals surface area contributed by atoms with Crippen molar-refractivity contribution in [1.29, 1.82) is 0 Å². The summed E-state index contributed by atoms with van der Waals surface area (Å²) in [5.74, 6) is 1.01. The first kappa shape index (κ1) is 25.3. The van der Waals surface area contributed by atoms with E-state index in [0.29, 0.717) is 0 Å². The van der Waals surface area contributed by atoms with Crippen LogP contribution in [-0.4, -0.2) is 31.2 Å². The number of hydrogen-bond donors (Lipinski definition) is 0. The van der Waals surface area contributed by atoms with Crippen molar-refractivity contribution < 1.29 is 4.74 Å². The van der Waals surface area contributed by atoms with E-state index in [1.807, 2.05) is 98.1 Å². The minimum atomic E-state index is 0.0931. The molecule has 0 fully saturated rings. The lowest BCUT2D eigenvalue weighted by Gasteiger charge is -2.09. The SMILES string of the molecule is CC.CC.COC(C)c1ccc(C)cn1.Cc1ccc(N(C)C)nc1. The zero-order valence-electron chi connectivity index (χ0n) is 17.8. The third-order valence-electron chi connectivity index (χ3n) is 3.06. The van der Waals surface area contributed by atoms with Crippen molar-refractivity contribution in [1.82, 2.24) is 9.97 Å². The van der Waals surface area contributed by atoms with Gasteiger partial charge < -0.3 is 9.64 Å². The molecule has 2 rings (SSSR count). The van der Waals surface area contributed by atoms with Crippen LogP contribution in [0.4, 0.5) is 5.82 Å². The molecule has 142 valence electrons. The fraction of sp³-hybridized carbons (Fsp3) is 0.524.